The molecule has 0 saturated carbocycles. The summed E-state index contributed by atoms with van der Waals surface area (Å²) in [5.41, 5.74) is 2.80. The molecule has 2 rings (SSSR count). The van der Waals surface area contributed by atoms with Crippen LogP contribution < -0.4 is 0 Å². The SMILES string of the molecule is CSc1cc(-c2ccccc2)ccc1C(Cl)C(=O)O. The molecule has 1 unspecified atom stereocenters. The lowest BCUT2D eigenvalue weighted by molar-refractivity contribution is -0.136. The van der Waals surface area contributed by atoms with Crippen LogP contribution in [0, 0.1) is 0 Å². The molecule has 0 spiro atoms. The molecule has 0 fully saturated rings. The molecule has 19 heavy (non-hydrogen) atoms. The van der Waals surface area contributed by atoms with Crippen LogP contribution in [0.1, 0.15) is 10.9 Å². The van der Waals surface area contributed by atoms with E-state index in [0.29, 0.717) is 5.56 Å². The van der Waals surface area contributed by atoms with Gasteiger partial charge in [-0.05, 0) is 29.0 Å². The topological polar surface area (TPSA) is 37.3 Å². The van der Waals surface area contributed by atoms with E-state index in [1.165, 1.54) is 11.8 Å². The van der Waals surface area contributed by atoms with E-state index in [2.05, 4.69) is 0 Å². The Morgan fingerprint density at radius 3 is 2.42 bits per heavy atom. The van der Waals surface area contributed by atoms with E-state index >= 15 is 0 Å². The zero-order valence-electron chi connectivity index (χ0n) is 10.3. The Labute approximate surface area is 121 Å². The van der Waals surface area contributed by atoms with Crippen molar-refractivity contribution < 1.29 is 9.90 Å². The van der Waals surface area contributed by atoms with Crippen LogP contribution in [0.2, 0.25) is 0 Å². The fourth-order valence-electron chi connectivity index (χ4n) is 1.86. The van der Waals surface area contributed by atoms with E-state index in [0.717, 1.165) is 16.0 Å². The molecule has 4 heteroatoms. The molecule has 0 aromatic heterocycles. The first kappa shape index (κ1) is 14.0. The molecular formula is C15H13ClO2S. The Bertz CT molecular complexity index is 584. The zero-order chi connectivity index (χ0) is 13.8. The fraction of sp³-hybridized carbons (Fsp3) is 0.133. The third kappa shape index (κ3) is 3.11. The quantitative estimate of drug-likeness (QED) is 0.668. The average molecular weight is 293 g/mol. The van der Waals surface area contributed by atoms with Crippen molar-refractivity contribution in [2.24, 2.45) is 0 Å². The number of rotatable bonds is 4. The Morgan fingerprint density at radius 1 is 1.16 bits per heavy atom. The molecule has 1 atom stereocenters. The second kappa shape index (κ2) is 6.13. The van der Waals surface area contributed by atoms with Crippen molar-refractivity contribution in [2.75, 3.05) is 6.26 Å². The molecule has 0 aliphatic rings. The maximum atomic E-state index is 11.0. The first-order chi connectivity index (χ1) is 9.13. The first-order valence-electron chi connectivity index (χ1n) is 5.73. The van der Waals surface area contributed by atoms with Gasteiger partial charge in [0.25, 0.3) is 0 Å². The van der Waals surface area contributed by atoms with E-state index in [1.807, 2.05) is 48.7 Å². The number of benzene rings is 2. The van der Waals surface area contributed by atoms with Crippen LogP contribution in [-0.4, -0.2) is 17.3 Å². The molecule has 0 aliphatic carbocycles. The lowest BCUT2D eigenvalue weighted by atomic mass is 10.0. The van der Waals surface area contributed by atoms with Gasteiger partial charge in [-0.25, -0.2) is 0 Å². The van der Waals surface area contributed by atoms with Crippen molar-refractivity contribution in [1.29, 1.82) is 0 Å². The predicted octanol–water partition coefficient (Wildman–Crippen LogP) is 4.44. The Hall–Kier alpha value is -1.45. The fourth-order valence-corrected chi connectivity index (χ4v) is 2.79. The zero-order valence-corrected chi connectivity index (χ0v) is 11.9. The van der Waals surface area contributed by atoms with Gasteiger partial charge < -0.3 is 5.11 Å². The number of carbonyl (C=O) groups is 1. The number of aliphatic carboxylic acids is 1. The van der Waals surface area contributed by atoms with Gasteiger partial charge >= 0.3 is 5.97 Å². The van der Waals surface area contributed by atoms with E-state index in [4.69, 9.17) is 16.7 Å². The van der Waals surface area contributed by atoms with Crippen LogP contribution in [0.5, 0.6) is 0 Å². The second-order valence-corrected chi connectivity index (χ2v) is 5.31. The highest BCUT2D eigenvalue weighted by molar-refractivity contribution is 7.98. The molecule has 2 nitrogen and oxygen atoms in total. The largest absolute Gasteiger partial charge is 0.480 e. The first-order valence-corrected chi connectivity index (χ1v) is 7.40. The van der Waals surface area contributed by atoms with Crippen LogP contribution >= 0.6 is 23.4 Å². The minimum Gasteiger partial charge on any atom is -0.480 e. The van der Waals surface area contributed by atoms with Gasteiger partial charge in [0.15, 0.2) is 5.38 Å². The molecule has 0 saturated heterocycles. The molecule has 1 N–H and O–H groups in total. The lowest BCUT2D eigenvalue weighted by Gasteiger charge is -2.12. The number of hydrogen-bond donors (Lipinski definition) is 1. The number of hydrogen-bond acceptors (Lipinski definition) is 2. The van der Waals surface area contributed by atoms with Crippen molar-refractivity contribution in [1.82, 2.24) is 0 Å². The van der Waals surface area contributed by atoms with Crippen LogP contribution in [-0.2, 0) is 4.79 Å². The molecule has 0 heterocycles. The van der Waals surface area contributed by atoms with Gasteiger partial charge in [0.05, 0.1) is 0 Å². The lowest BCUT2D eigenvalue weighted by Crippen LogP contribution is -2.06. The van der Waals surface area contributed by atoms with Crippen molar-refractivity contribution in [3.63, 3.8) is 0 Å². The summed E-state index contributed by atoms with van der Waals surface area (Å²) in [7, 11) is 0. The molecule has 2 aromatic rings. The number of carboxylic acid groups (broad SMARTS) is 1. The number of carboxylic acids is 1. The van der Waals surface area contributed by atoms with E-state index in [9.17, 15) is 4.79 Å². The van der Waals surface area contributed by atoms with Gasteiger partial charge in [-0.2, -0.15) is 0 Å². The third-order valence-electron chi connectivity index (χ3n) is 2.83. The van der Waals surface area contributed by atoms with Gasteiger partial charge in [-0.3, -0.25) is 4.79 Å². The van der Waals surface area contributed by atoms with Crippen LogP contribution in [0.4, 0.5) is 0 Å². The molecule has 98 valence electrons. The smallest absolute Gasteiger partial charge is 0.326 e. The van der Waals surface area contributed by atoms with Crippen LogP contribution in [0.15, 0.2) is 53.4 Å². The summed E-state index contributed by atoms with van der Waals surface area (Å²) in [4.78, 5) is 11.9. The van der Waals surface area contributed by atoms with E-state index in [-0.39, 0.29) is 0 Å². The summed E-state index contributed by atoms with van der Waals surface area (Å²) >= 11 is 7.41. The third-order valence-corrected chi connectivity index (χ3v) is 4.05. The molecule has 0 aliphatic heterocycles. The molecule has 0 radical (unpaired) electrons. The summed E-state index contributed by atoms with van der Waals surface area (Å²) in [5.74, 6) is -1.02. The monoisotopic (exact) mass is 292 g/mol. The number of thioether (sulfide) groups is 1. The highest BCUT2D eigenvalue weighted by atomic mass is 35.5. The highest BCUT2D eigenvalue weighted by Gasteiger charge is 2.19. The molecule has 0 bridgehead atoms. The van der Waals surface area contributed by atoms with E-state index in [1.54, 1.807) is 6.07 Å². The number of halogens is 1. The van der Waals surface area contributed by atoms with Crippen LogP contribution in [0.25, 0.3) is 11.1 Å². The Balaban J connectivity index is 2.45. The summed E-state index contributed by atoms with van der Waals surface area (Å²) in [6.45, 7) is 0. The maximum absolute atomic E-state index is 11.0. The predicted molar refractivity (Wildman–Crippen MR) is 79.9 cm³/mol. The van der Waals surface area contributed by atoms with Crippen LogP contribution in [0.3, 0.4) is 0 Å². The summed E-state index contributed by atoms with van der Waals surface area (Å²) in [6.07, 6.45) is 1.92. The highest BCUT2D eigenvalue weighted by Crippen LogP contribution is 2.33. The van der Waals surface area contributed by atoms with Crippen molar-refractivity contribution in [3.8, 4) is 11.1 Å². The summed E-state index contributed by atoms with van der Waals surface area (Å²) in [6, 6.07) is 15.6. The molecule has 0 amide bonds. The van der Waals surface area contributed by atoms with Gasteiger partial charge in [-0.1, -0.05) is 42.5 Å². The Morgan fingerprint density at radius 2 is 1.84 bits per heavy atom. The van der Waals surface area contributed by atoms with Crippen molar-refractivity contribution in [3.05, 3.63) is 54.1 Å². The summed E-state index contributed by atoms with van der Waals surface area (Å²) in [5, 5.41) is 7.99. The second-order valence-electron chi connectivity index (χ2n) is 4.02. The van der Waals surface area contributed by atoms with Crippen molar-refractivity contribution in [2.45, 2.75) is 10.3 Å². The average Bonchev–Trinajstić information content (AvgIpc) is 2.46. The minimum atomic E-state index is -1.02. The molecule has 2 aromatic carbocycles. The van der Waals surface area contributed by atoms with Gasteiger partial charge in [-0.15, -0.1) is 23.4 Å². The molecular weight excluding hydrogens is 280 g/mol. The van der Waals surface area contributed by atoms with Gasteiger partial charge in [0.1, 0.15) is 0 Å². The normalized spacial score (nSPS) is 12.1. The number of alkyl halides is 1. The van der Waals surface area contributed by atoms with E-state index < -0.39 is 11.3 Å². The Kier molecular flexibility index (Phi) is 4.51. The maximum Gasteiger partial charge on any atom is 0.326 e. The van der Waals surface area contributed by atoms with Gasteiger partial charge in [0.2, 0.25) is 0 Å². The van der Waals surface area contributed by atoms with Gasteiger partial charge in [0, 0.05) is 4.90 Å². The summed E-state index contributed by atoms with van der Waals surface area (Å²) < 4.78 is 0. The standard InChI is InChI=1S/C15H13ClO2S/c1-19-13-9-11(10-5-3-2-4-6-10)7-8-12(13)14(16)15(17)18/h2-9,14H,1H3,(H,17,18). The van der Waals surface area contributed by atoms with Crippen molar-refractivity contribution >= 4 is 29.3 Å². The minimum absolute atomic E-state index is 0.640.